The van der Waals surface area contributed by atoms with Crippen molar-refractivity contribution in [3.05, 3.63) is 59.4 Å². The van der Waals surface area contributed by atoms with Gasteiger partial charge in [-0.2, -0.15) is 0 Å². The second kappa shape index (κ2) is 7.15. The van der Waals surface area contributed by atoms with Gasteiger partial charge in [-0.25, -0.2) is 4.79 Å². The Morgan fingerprint density at radius 3 is 2.56 bits per heavy atom. The third kappa shape index (κ3) is 3.65. The van der Waals surface area contributed by atoms with E-state index in [0.717, 1.165) is 29.4 Å². The van der Waals surface area contributed by atoms with E-state index in [0.29, 0.717) is 11.4 Å². The molecule has 0 fully saturated rings. The standard InChI is InChI=1S/C21H21N3O3/c1-22-21(26)24-17-7-3-6-16(11-17)23-20(25)10-15-12-27-19-9-14-5-2-4-13(14)8-18(15)19/h3,6-9,11-12H,2,4-5,10H2,1H3,(H,23,25)(H2,22,24,26). The molecule has 1 aromatic heterocycles. The fourth-order valence-corrected chi connectivity index (χ4v) is 3.53. The summed E-state index contributed by atoms with van der Waals surface area (Å²) in [6, 6.07) is 11.0. The average molecular weight is 363 g/mol. The zero-order valence-electron chi connectivity index (χ0n) is 15.1. The van der Waals surface area contributed by atoms with Crippen LogP contribution in [0.4, 0.5) is 16.2 Å². The monoisotopic (exact) mass is 363 g/mol. The Morgan fingerprint density at radius 1 is 1.04 bits per heavy atom. The van der Waals surface area contributed by atoms with Crippen LogP contribution >= 0.6 is 0 Å². The van der Waals surface area contributed by atoms with E-state index in [2.05, 4.69) is 28.1 Å². The summed E-state index contributed by atoms with van der Waals surface area (Å²) in [5.41, 5.74) is 5.68. The Hall–Kier alpha value is -3.28. The fourth-order valence-electron chi connectivity index (χ4n) is 3.53. The van der Waals surface area contributed by atoms with E-state index in [9.17, 15) is 9.59 Å². The molecule has 0 aliphatic heterocycles. The van der Waals surface area contributed by atoms with Gasteiger partial charge in [0, 0.05) is 29.4 Å². The lowest BCUT2D eigenvalue weighted by atomic mass is 10.0. The van der Waals surface area contributed by atoms with E-state index in [1.54, 1.807) is 37.6 Å². The largest absolute Gasteiger partial charge is 0.464 e. The lowest BCUT2D eigenvalue weighted by Crippen LogP contribution is -2.24. The van der Waals surface area contributed by atoms with Crippen molar-refractivity contribution < 1.29 is 14.0 Å². The molecule has 0 radical (unpaired) electrons. The molecule has 0 saturated carbocycles. The molecule has 0 unspecified atom stereocenters. The number of aryl methyl sites for hydroxylation is 2. The molecule has 0 saturated heterocycles. The molecule has 2 aromatic carbocycles. The van der Waals surface area contributed by atoms with Gasteiger partial charge in [0.2, 0.25) is 5.91 Å². The Kier molecular flexibility index (Phi) is 4.54. The highest BCUT2D eigenvalue weighted by atomic mass is 16.3. The van der Waals surface area contributed by atoms with Crippen molar-refractivity contribution in [3.63, 3.8) is 0 Å². The molecular weight excluding hydrogens is 342 g/mol. The highest BCUT2D eigenvalue weighted by molar-refractivity contribution is 5.96. The number of benzene rings is 2. The molecule has 3 N–H and O–H groups in total. The Bertz CT molecular complexity index is 1020. The lowest BCUT2D eigenvalue weighted by Gasteiger charge is -2.08. The van der Waals surface area contributed by atoms with Crippen molar-refractivity contribution in [2.24, 2.45) is 0 Å². The van der Waals surface area contributed by atoms with Crippen LogP contribution in [0.5, 0.6) is 0 Å². The SMILES string of the molecule is CNC(=O)Nc1cccc(NC(=O)Cc2coc3cc4c(cc23)CCC4)c1. The van der Waals surface area contributed by atoms with E-state index in [-0.39, 0.29) is 18.4 Å². The summed E-state index contributed by atoms with van der Waals surface area (Å²) in [5.74, 6) is -0.129. The normalized spacial score (nSPS) is 12.6. The number of urea groups is 1. The highest BCUT2D eigenvalue weighted by Crippen LogP contribution is 2.30. The lowest BCUT2D eigenvalue weighted by molar-refractivity contribution is -0.115. The van der Waals surface area contributed by atoms with E-state index in [4.69, 9.17) is 4.42 Å². The van der Waals surface area contributed by atoms with E-state index in [1.807, 2.05) is 0 Å². The van der Waals surface area contributed by atoms with Gasteiger partial charge in [0.25, 0.3) is 0 Å². The minimum atomic E-state index is -0.309. The van der Waals surface area contributed by atoms with Crippen LogP contribution in [0, 0.1) is 0 Å². The van der Waals surface area contributed by atoms with Crippen LogP contribution in [-0.4, -0.2) is 19.0 Å². The third-order valence-corrected chi connectivity index (χ3v) is 4.85. The van der Waals surface area contributed by atoms with Gasteiger partial charge in [0.05, 0.1) is 12.7 Å². The van der Waals surface area contributed by atoms with E-state index < -0.39 is 0 Å². The van der Waals surface area contributed by atoms with Gasteiger partial charge in [-0.05, 0) is 60.7 Å². The van der Waals surface area contributed by atoms with Crippen LogP contribution in [0.2, 0.25) is 0 Å². The summed E-state index contributed by atoms with van der Waals surface area (Å²) in [6.07, 6.45) is 5.27. The van der Waals surface area contributed by atoms with Crippen LogP contribution in [0.15, 0.2) is 47.1 Å². The zero-order valence-corrected chi connectivity index (χ0v) is 15.1. The molecule has 4 rings (SSSR count). The van der Waals surface area contributed by atoms with Crippen molar-refractivity contribution >= 4 is 34.3 Å². The van der Waals surface area contributed by atoms with Crippen LogP contribution < -0.4 is 16.0 Å². The predicted molar refractivity (Wildman–Crippen MR) is 105 cm³/mol. The summed E-state index contributed by atoms with van der Waals surface area (Å²) in [7, 11) is 1.55. The number of hydrogen-bond donors (Lipinski definition) is 3. The van der Waals surface area contributed by atoms with Gasteiger partial charge in [-0.15, -0.1) is 0 Å². The molecule has 1 heterocycles. The average Bonchev–Trinajstić information content (AvgIpc) is 3.26. The molecule has 3 aromatic rings. The molecule has 0 bridgehead atoms. The van der Waals surface area contributed by atoms with Crippen molar-refractivity contribution in [2.45, 2.75) is 25.7 Å². The maximum atomic E-state index is 12.5. The quantitative estimate of drug-likeness (QED) is 0.658. The molecular formula is C21H21N3O3. The third-order valence-electron chi connectivity index (χ3n) is 4.85. The topological polar surface area (TPSA) is 83.4 Å². The van der Waals surface area contributed by atoms with Crippen molar-refractivity contribution in [3.8, 4) is 0 Å². The predicted octanol–water partition coefficient (Wildman–Crippen LogP) is 3.85. The smallest absolute Gasteiger partial charge is 0.318 e. The molecule has 0 spiro atoms. The second-order valence-corrected chi connectivity index (χ2v) is 6.74. The number of anilines is 2. The van der Waals surface area contributed by atoms with Crippen LogP contribution in [-0.2, 0) is 24.1 Å². The first kappa shape index (κ1) is 17.1. The van der Waals surface area contributed by atoms with Gasteiger partial charge in [0.1, 0.15) is 5.58 Å². The maximum absolute atomic E-state index is 12.5. The molecule has 0 atom stereocenters. The molecule has 138 valence electrons. The number of hydrogen-bond acceptors (Lipinski definition) is 3. The summed E-state index contributed by atoms with van der Waals surface area (Å²) in [5, 5.41) is 9.06. The molecule has 1 aliphatic carbocycles. The Morgan fingerprint density at radius 2 is 1.78 bits per heavy atom. The molecule has 6 heteroatoms. The number of carbonyl (C=O) groups is 2. The number of rotatable bonds is 4. The Balaban J connectivity index is 1.48. The van der Waals surface area contributed by atoms with Gasteiger partial charge in [-0.3, -0.25) is 4.79 Å². The second-order valence-electron chi connectivity index (χ2n) is 6.74. The minimum absolute atomic E-state index is 0.129. The van der Waals surface area contributed by atoms with Gasteiger partial charge in [-0.1, -0.05) is 6.07 Å². The summed E-state index contributed by atoms with van der Waals surface area (Å²) in [6.45, 7) is 0. The highest BCUT2D eigenvalue weighted by Gasteiger charge is 2.17. The first-order chi connectivity index (χ1) is 13.1. The van der Waals surface area contributed by atoms with Crippen LogP contribution in [0.1, 0.15) is 23.1 Å². The van der Waals surface area contributed by atoms with E-state index >= 15 is 0 Å². The zero-order chi connectivity index (χ0) is 18.8. The molecule has 27 heavy (non-hydrogen) atoms. The fraction of sp³-hybridized carbons (Fsp3) is 0.238. The number of furan rings is 1. The number of carbonyl (C=O) groups excluding carboxylic acids is 2. The minimum Gasteiger partial charge on any atom is -0.464 e. The Labute approximate surface area is 156 Å². The van der Waals surface area contributed by atoms with E-state index in [1.165, 1.54) is 17.5 Å². The van der Waals surface area contributed by atoms with Crippen molar-refractivity contribution in [2.75, 3.05) is 17.7 Å². The van der Waals surface area contributed by atoms with Gasteiger partial charge >= 0.3 is 6.03 Å². The first-order valence-electron chi connectivity index (χ1n) is 9.03. The van der Waals surface area contributed by atoms with Gasteiger partial charge in [0.15, 0.2) is 0 Å². The summed E-state index contributed by atoms with van der Waals surface area (Å²) in [4.78, 5) is 23.9. The number of nitrogens with one attached hydrogen (secondary N) is 3. The van der Waals surface area contributed by atoms with Gasteiger partial charge < -0.3 is 20.4 Å². The number of amides is 3. The summed E-state index contributed by atoms with van der Waals surface area (Å²) < 4.78 is 5.67. The van der Waals surface area contributed by atoms with Crippen molar-refractivity contribution in [1.82, 2.24) is 5.32 Å². The van der Waals surface area contributed by atoms with Crippen molar-refractivity contribution in [1.29, 1.82) is 0 Å². The maximum Gasteiger partial charge on any atom is 0.318 e. The molecule has 1 aliphatic rings. The molecule has 6 nitrogen and oxygen atoms in total. The molecule has 3 amide bonds. The van der Waals surface area contributed by atoms with Crippen LogP contribution in [0.3, 0.4) is 0 Å². The summed E-state index contributed by atoms with van der Waals surface area (Å²) >= 11 is 0. The first-order valence-corrected chi connectivity index (χ1v) is 9.03. The number of fused-ring (bicyclic) bond motifs is 2. The van der Waals surface area contributed by atoms with Crippen LogP contribution in [0.25, 0.3) is 11.0 Å².